The van der Waals surface area contributed by atoms with E-state index in [1.807, 2.05) is 19.1 Å². The van der Waals surface area contributed by atoms with Gasteiger partial charge in [-0.25, -0.2) is 8.78 Å². The van der Waals surface area contributed by atoms with Crippen LogP contribution >= 0.6 is 11.6 Å². The van der Waals surface area contributed by atoms with Crippen molar-refractivity contribution in [1.82, 2.24) is 5.06 Å². The van der Waals surface area contributed by atoms with Gasteiger partial charge in [0.15, 0.2) is 23.7 Å². The number of carbonyl (C=O) groups excluding carboxylic acids is 3. The molecule has 1 N–H and O–H groups in total. The van der Waals surface area contributed by atoms with Crippen molar-refractivity contribution in [2.45, 2.75) is 76.5 Å². The molecule has 1 aromatic carbocycles. The van der Waals surface area contributed by atoms with Crippen LogP contribution in [0, 0.1) is 28.6 Å². The maximum Gasteiger partial charge on any atom is 0.305 e. The van der Waals surface area contributed by atoms with E-state index in [0.29, 0.717) is 24.5 Å². The molecule has 7 nitrogen and oxygen atoms in total. The van der Waals surface area contributed by atoms with Crippen LogP contribution in [0.5, 0.6) is 0 Å². The van der Waals surface area contributed by atoms with Crippen molar-refractivity contribution in [3.8, 4) is 0 Å². The normalized spacial score (nSPS) is 42.3. The second-order valence-electron chi connectivity index (χ2n) is 13.0. The quantitative estimate of drug-likeness (QED) is 0.463. The molecule has 3 saturated carbocycles. The topological polar surface area (TPSA) is 93.1 Å². The average Bonchev–Trinajstić information content (AvgIpc) is 3.43. The summed E-state index contributed by atoms with van der Waals surface area (Å²) in [5.41, 5.74) is -5.42. The van der Waals surface area contributed by atoms with Crippen LogP contribution in [0.25, 0.3) is 0 Å². The summed E-state index contributed by atoms with van der Waals surface area (Å²) in [6.45, 7) is 5.20. The van der Waals surface area contributed by atoms with E-state index >= 15 is 8.78 Å². The summed E-state index contributed by atoms with van der Waals surface area (Å²) in [6, 6.07) is 7.26. The summed E-state index contributed by atoms with van der Waals surface area (Å²) < 4.78 is 38.7. The molecular formula is C32H36ClF2NO6. The molecule has 0 aromatic heterocycles. The average molecular weight is 604 g/mol. The third-order valence-corrected chi connectivity index (χ3v) is 11.3. The standard InChI is InChI=1S/C32H36ClF2NO6/c1-4-28(40)41-17-27(39)32-19(16-36(42-32)15-18-5-7-20(33)8-6-18)11-22-23-13-25(34)24-12-21(37)9-10-29(24,2)31(23,35)26(38)14-30(22,32)3/h5-10,12,19,22-23,25-26,38H,4,11,13-17H2,1-3H3/t19-,22-,23-,25-,26-,29-,30-,31-,32-/m0/s1. The molecule has 6 rings (SSSR count). The van der Waals surface area contributed by atoms with E-state index in [1.54, 1.807) is 31.0 Å². The molecule has 4 fully saturated rings. The fourth-order valence-electron chi connectivity index (χ4n) is 9.06. The summed E-state index contributed by atoms with van der Waals surface area (Å²) in [5.74, 6) is -3.24. The highest BCUT2D eigenvalue weighted by atomic mass is 35.5. The van der Waals surface area contributed by atoms with Gasteiger partial charge >= 0.3 is 5.97 Å². The number of allylic oxidation sites excluding steroid dienone is 4. The Bertz CT molecular complexity index is 1380. The number of hydroxylamine groups is 2. The number of nitrogens with zero attached hydrogens (tertiary/aromatic N) is 1. The van der Waals surface area contributed by atoms with E-state index in [1.165, 1.54) is 12.2 Å². The lowest BCUT2D eigenvalue weighted by atomic mass is 9.44. The van der Waals surface area contributed by atoms with Gasteiger partial charge < -0.3 is 9.84 Å². The minimum absolute atomic E-state index is 0.0530. The highest BCUT2D eigenvalue weighted by molar-refractivity contribution is 6.30. The van der Waals surface area contributed by atoms with E-state index in [9.17, 15) is 19.5 Å². The van der Waals surface area contributed by atoms with Gasteiger partial charge in [-0.3, -0.25) is 19.2 Å². The number of halogens is 3. The lowest BCUT2D eigenvalue weighted by molar-refractivity contribution is -0.269. The van der Waals surface area contributed by atoms with Gasteiger partial charge in [-0.2, -0.15) is 5.06 Å². The fraction of sp³-hybridized carbons (Fsp3) is 0.594. The Labute approximate surface area is 248 Å². The van der Waals surface area contributed by atoms with E-state index in [4.69, 9.17) is 21.2 Å². The van der Waals surface area contributed by atoms with Gasteiger partial charge in [0.05, 0.1) is 6.10 Å². The maximum atomic E-state index is 17.6. The Balaban J connectivity index is 1.39. The van der Waals surface area contributed by atoms with Crippen molar-refractivity contribution >= 4 is 29.1 Å². The van der Waals surface area contributed by atoms with Gasteiger partial charge in [0, 0.05) is 47.2 Å². The van der Waals surface area contributed by atoms with E-state index in [2.05, 4.69) is 0 Å². The Hall–Kier alpha value is -2.46. The number of benzene rings is 1. The number of fused-ring (bicyclic) bond motifs is 7. The molecule has 42 heavy (non-hydrogen) atoms. The third kappa shape index (κ3) is 3.96. The molecule has 0 radical (unpaired) electrons. The molecule has 5 aliphatic rings. The van der Waals surface area contributed by atoms with Gasteiger partial charge in [-0.15, -0.1) is 0 Å². The minimum atomic E-state index is -2.26. The number of hydrogen-bond donors (Lipinski definition) is 1. The number of aliphatic hydroxyl groups excluding tert-OH is 1. The lowest BCUT2D eigenvalue weighted by Gasteiger charge is -2.63. The molecule has 1 aromatic rings. The molecule has 10 heteroatoms. The summed E-state index contributed by atoms with van der Waals surface area (Å²) in [7, 11) is 0. The van der Waals surface area contributed by atoms with Crippen LogP contribution in [-0.2, 0) is 30.5 Å². The van der Waals surface area contributed by atoms with Gasteiger partial charge in [-0.1, -0.05) is 43.7 Å². The first-order valence-electron chi connectivity index (χ1n) is 14.6. The van der Waals surface area contributed by atoms with Crippen LogP contribution in [0.1, 0.15) is 52.0 Å². The monoisotopic (exact) mass is 603 g/mol. The van der Waals surface area contributed by atoms with E-state index in [0.717, 1.165) is 11.6 Å². The summed E-state index contributed by atoms with van der Waals surface area (Å²) >= 11 is 6.05. The van der Waals surface area contributed by atoms with Crippen molar-refractivity contribution in [2.75, 3.05) is 13.2 Å². The molecule has 0 bridgehead atoms. The van der Waals surface area contributed by atoms with Gasteiger partial charge in [-0.05, 0) is 67.5 Å². The Morgan fingerprint density at radius 3 is 2.60 bits per heavy atom. The van der Waals surface area contributed by atoms with Crippen LogP contribution in [0.15, 0.2) is 48.1 Å². The van der Waals surface area contributed by atoms with E-state index in [-0.39, 0.29) is 24.8 Å². The van der Waals surface area contributed by atoms with Gasteiger partial charge in [0.1, 0.15) is 6.17 Å². The van der Waals surface area contributed by atoms with E-state index < -0.39 is 76.3 Å². The Kier molecular flexibility index (Phi) is 7.08. The first-order valence-corrected chi connectivity index (χ1v) is 15.0. The van der Waals surface area contributed by atoms with Crippen molar-refractivity contribution in [1.29, 1.82) is 0 Å². The summed E-state index contributed by atoms with van der Waals surface area (Å²) in [4.78, 5) is 44.9. The highest BCUT2D eigenvalue weighted by Crippen LogP contribution is 2.72. The summed E-state index contributed by atoms with van der Waals surface area (Å²) in [5, 5.41) is 14.0. The smallest absolute Gasteiger partial charge is 0.305 e. The molecule has 226 valence electrons. The largest absolute Gasteiger partial charge is 0.458 e. The predicted octanol–water partition coefficient (Wildman–Crippen LogP) is 4.89. The van der Waals surface area contributed by atoms with Crippen LogP contribution in [0.3, 0.4) is 0 Å². The number of ether oxygens (including phenoxy) is 1. The van der Waals surface area contributed by atoms with Crippen molar-refractivity contribution < 1.29 is 37.8 Å². The maximum absolute atomic E-state index is 17.6. The zero-order valence-electron chi connectivity index (χ0n) is 23.9. The van der Waals surface area contributed by atoms with Crippen molar-refractivity contribution in [3.05, 3.63) is 58.7 Å². The van der Waals surface area contributed by atoms with Crippen molar-refractivity contribution in [3.63, 3.8) is 0 Å². The second kappa shape index (κ2) is 10.0. The molecule has 9 atom stereocenters. The molecule has 0 spiro atoms. The lowest BCUT2D eigenvalue weighted by Crippen LogP contribution is -2.70. The van der Waals surface area contributed by atoms with Crippen LogP contribution in [0.4, 0.5) is 8.78 Å². The molecule has 0 amide bonds. The number of Topliss-reactive ketones (excluding diaryl/α,β-unsaturated/α-hetero) is 1. The van der Waals surface area contributed by atoms with Crippen LogP contribution in [-0.4, -0.2) is 64.4 Å². The molecular weight excluding hydrogens is 568 g/mol. The van der Waals surface area contributed by atoms with Gasteiger partial charge in [0.2, 0.25) is 5.78 Å². The van der Waals surface area contributed by atoms with Crippen LogP contribution < -0.4 is 0 Å². The second-order valence-corrected chi connectivity index (χ2v) is 13.4. The fourth-order valence-corrected chi connectivity index (χ4v) is 9.19. The number of carbonyl (C=O) groups is 3. The number of ketones is 2. The SMILES string of the molecule is CCC(=O)OCC(=O)[C@@]12ON(Cc3ccc(Cl)cc3)C[C@@H]1C[C@H]1[C@@H]3C[C@H](F)C4=CC(=O)C=C[C@]4(C)[C@@]3(F)[C@@H](O)C[C@@]12C. The zero-order valence-corrected chi connectivity index (χ0v) is 24.7. The Morgan fingerprint density at radius 2 is 1.90 bits per heavy atom. The third-order valence-electron chi connectivity index (χ3n) is 11.0. The van der Waals surface area contributed by atoms with Crippen LogP contribution in [0.2, 0.25) is 5.02 Å². The number of aliphatic hydroxyl groups is 1. The molecule has 1 aliphatic heterocycles. The number of alkyl halides is 2. The Morgan fingerprint density at radius 1 is 1.19 bits per heavy atom. The zero-order chi connectivity index (χ0) is 30.2. The van der Waals surface area contributed by atoms with Gasteiger partial charge in [0.25, 0.3) is 0 Å². The molecule has 1 saturated heterocycles. The van der Waals surface area contributed by atoms with Crippen molar-refractivity contribution in [2.24, 2.45) is 28.6 Å². The first kappa shape index (κ1) is 29.6. The highest BCUT2D eigenvalue weighted by Gasteiger charge is 2.79. The molecule has 0 unspecified atom stereocenters. The first-order chi connectivity index (χ1) is 19.8. The number of hydrogen-bond acceptors (Lipinski definition) is 7. The minimum Gasteiger partial charge on any atom is -0.458 e. The molecule has 1 heterocycles. The summed E-state index contributed by atoms with van der Waals surface area (Å²) in [6.07, 6.45) is 0.796. The molecule has 4 aliphatic carbocycles. The number of esters is 1. The predicted molar refractivity (Wildman–Crippen MR) is 149 cm³/mol. The number of rotatable bonds is 6.